The summed E-state index contributed by atoms with van der Waals surface area (Å²) >= 11 is 0. The number of nitrogens with zero attached hydrogens (tertiary/aromatic N) is 3. The van der Waals surface area contributed by atoms with Gasteiger partial charge in [-0.1, -0.05) is 0 Å². The van der Waals surface area contributed by atoms with Gasteiger partial charge < -0.3 is 9.64 Å². The van der Waals surface area contributed by atoms with Crippen molar-refractivity contribution in [1.29, 1.82) is 5.39 Å². The quantitative estimate of drug-likeness (QED) is 0.327. The van der Waals surface area contributed by atoms with Gasteiger partial charge in [0.25, 0.3) is 0 Å². The molecule has 0 radical (unpaired) electrons. The zero-order chi connectivity index (χ0) is 18.4. The number of anilines is 1. The first-order valence-electron chi connectivity index (χ1n) is 6.65. The van der Waals surface area contributed by atoms with Gasteiger partial charge in [-0.05, 0) is 26.8 Å². The first-order valence-corrected chi connectivity index (χ1v) is 8.67. The summed E-state index contributed by atoms with van der Waals surface area (Å²) in [5.74, 6) is 0.620. The monoisotopic (exact) mass is 365 g/mol. The number of ether oxygens (including phenoxy) is 1. The van der Waals surface area contributed by atoms with Crippen molar-refractivity contribution < 1.29 is 29.9 Å². The van der Waals surface area contributed by atoms with Crippen molar-refractivity contribution in [2.24, 2.45) is 0 Å². The summed E-state index contributed by atoms with van der Waals surface area (Å²) in [7, 11) is -10.7. The summed E-state index contributed by atoms with van der Waals surface area (Å²) in [6, 6.07) is 5.61. The van der Waals surface area contributed by atoms with E-state index in [9.17, 15) is 25.2 Å². The van der Waals surface area contributed by atoms with Crippen molar-refractivity contribution in [2.45, 2.75) is 20.8 Å². The average molecular weight is 365 g/mol. The summed E-state index contributed by atoms with van der Waals surface area (Å²) in [6.07, 6.45) is 0. The van der Waals surface area contributed by atoms with Crippen LogP contribution in [-0.2, 0) is 0 Å². The molecule has 0 aromatic heterocycles. The minimum atomic E-state index is -10.7. The van der Waals surface area contributed by atoms with Crippen molar-refractivity contribution in [2.75, 3.05) is 24.6 Å². The van der Waals surface area contributed by atoms with Crippen LogP contribution >= 0.6 is 7.81 Å². The van der Waals surface area contributed by atoms with Crippen molar-refractivity contribution in [3.05, 3.63) is 23.2 Å². The molecule has 0 amide bonds. The first kappa shape index (κ1) is 21.2. The molecule has 134 valence electrons. The van der Waals surface area contributed by atoms with Gasteiger partial charge in [0.2, 0.25) is 11.1 Å². The molecule has 0 saturated heterocycles. The van der Waals surface area contributed by atoms with E-state index < -0.39 is 7.81 Å². The molecule has 11 heteroatoms. The Morgan fingerprint density at radius 1 is 1.04 bits per heavy atom. The zero-order valence-corrected chi connectivity index (χ0v) is 13.7. The molecule has 4 nitrogen and oxygen atoms in total. The van der Waals surface area contributed by atoms with Crippen LogP contribution in [-0.4, -0.2) is 19.7 Å². The molecule has 0 atom stereocenters. The van der Waals surface area contributed by atoms with E-state index in [2.05, 4.69) is 23.7 Å². The van der Waals surface area contributed by atoms with Crippen molar-refractivity contribution >= 4 is 19.2 Å². The minimum absolute atomic E-state index is 0.470. The van der Waals surface area contributed by atoms with Gasteiger partial charge in [0.1, 0.15) is 0 Å². The molecule has 1 rings (SSSR count). The molecule has 0 bridgehead atoms. The van der Waals surface area contributed by atoms with Gasteiger partial charge >= 0.3 is 38.7 Å². The number of hydrogen-bond acceptors (Lipinski definition) is 3. The van der Waals surface area contributed by atoms with Crippen LogP contribution in [0.15, 0.2) is 18.2 Å². The van der Waals surface area contributed by atoms with Gasteiger partial charge in [-0.2, -0.15) is 0 Å². The fourth-order valence-corrected chi connectivity index (χ4v) is 1.64. The van der Waals surface area contributed by atoms with Gasteiger partial charge in [0.05, 0.1) is 6.61 Å². The predicted molar refractivity (Wildman–Crippen MR) is 79.5 cm³/mol. The van der Waals surface area contributed by atoms with Crippen LogP contribution < -0.4 is 9.64 Å². The molecular formula is C12H18F6N3OP. The van der Waals surface area contributed by atoms with E-state index in [0.29, 0.717) is 18.0 Å². The maximum atomic E-state index is 9.87. The molecule has 1 aromatic rings. The Balaban J connectivity index is 0.000000585. The molecule has 0 N–H and O–H groups in total. The standard InChI is InChI=1S/C12H18N3O.F6P/c1-4-15(5-2)10-7-8-11(14-13)12(9-10)16-6-3;1-7(2,3,4,5)6/h7-9H,4-6H2,1-3H3;/q+1;-1. The van der Waals surface area contributed by atoms with Crippen LogP contribution in [0.25, 0.3) is 4.98 Å². The van der Waals surface area contributed by atoms with E-state index in [0.717, 1.165) is 18.8 Å². The molecule has 0 aliphatic heterocycles. The predicted octanol–water partition coefficient (Wildman–Crippen LogP) is 6.80. The first-order chi connectivity index (χ1) is 10.2. The van der Waals surface area contributed by atoms with Crippen molar-refractivity contribution in [1.82, 2.24) is 0 Å². The van der Waals surface area contributed by atoms with Gasteiger partial charge in [0, 0.05) is 30.9 Å². The van der Waals surface area contributed by atoms with E-state index in [-0.39, 0.29) is 0 Å². The molecule has 0 aliphatic rings. The van der Waals surface area contributed by atoms with E-state index in [1.165, 1.54) is 0 Å². The number of halogens is 6. The summed E-state index contributed by atoms with van der Waals surface area (Å²) in [6.45, 7) is 8.56. The molecule has 0 spiro atoms. The zero-order valence-electron chi connectivity index (χ0n) is 12.8. The molecule has 1 aromatic carbocycles. The Morgan fingerprint density at radius 2 is 1.52 bits per heavy atom. The third-order valence-electron chi connectivity index (χ3n) is 2.48. The molecule has 0 heterocycles. The Kier molecular flexibility index (Phi) is 6.27. The summed E-state index contributed by atoms with van der Waals surface area (Å²) < 4.78 is 64.6. The number of hydrogen-bond donors (Lipinski definition) is 0. The summed E-state index contributed by atoms with van der Waals surface area (Å²) in [5, 5.41) is 8.82. The molecular weight excluding hydrogens is 347 g/mol. The Bertz CT molecular complexity index is 554. The second-order valence-electron chi connectivity index (χ2n) is 4.32. The van der Waals surface area contributed by atoms with Crippen LogP contribution in [0.3, 0.4) is 0 Å². The fraction of sp³-hybridized carbons (Fsp3) is 0.500. The third-order valence-corrected chi connectivity index (χ3v) is 2.48. The van der Waals surface area contributed by atoms with Gasteiger partial charge in [-0.3, -0.25) is 0 Å². The molecule has 0 saturated carbocycles. The second-order valence-corrected chi connectivity index (χ2v) is 6.23. The molecule has 0 fully saturated rings. The van der Waals surface area contributed by atoms with Gasteiger partial charge in [-0.15, -0.1) is 0 Å². The molecule has 23 heavy (non-hydrogen) atoms. The fourth-order valence-electron chi connectivity index (χ4n) is 1.64. The number of rotatable bonds is 5. The van der Waals surface area contributed by atoms with Crippen LogP contribution in [0.5, 0.6) is 5.75 Å². The van der Waals surface area contributed by atoms with Crippen LogP contribution in [0.4, 0.5) is 36.6 Å². The van der Waals surface area contributed by atoms with Gasteiger partial charge in [0.15, 0.2) is 4.98 Å². The van der Waals surface area contributed by atoms with E-state index in [4.69, 9.17) is 10.1 Å². The Labute approximate surface area is 129 Å². The molecule has 0 aliphatic carbocycles. The summed E-state index contributed by atoms with van der Waals surface area (Å²) in [4.78, 5) is 5.41. The molecule has 0 unspecified atom stereocenters. The van der Waals surface area contributed by atoms with Crippen molar-refractivity contribution in [3.8, 4) is 5.75 Å². The average Bonchev–Trinajstić information content (AvgIpc) is 2.37. The Morgan fingerprint density at radius 3 is 1.87 bits per heavy atom. The summed E-state index contributed by atoms with van der Waals surface area (Å²) in [5.41, 5.74) is 1.55. The van der Waals surface area contributed by atoms with E-state index >= 15 is 0 Å². The van der Waals surface area contributed by atoms with Crippen LogP contribution in [0.1, 0.15) is 20.8 Å². The van der Waals surface area contributed by atoms with E-state index in [1.807, 2.05) is 19.1 Å². The Hall–Kier alpha value is -1.75. The number of diazo groups is 1. The van der Waals surface area contributed by atoms with Crippen molar-refractivity contribution in [3.63, 3.8) is 0 Å². The van der Waals surface area contributed by atoms with Gasteiger partial charge in [-0.25, -0.2) is 0 Å². The van der Waals surface area contributed by atoms with Crippen LogP contribution in [0, 0.1) is 5.39 Å². The normalized spacial score (nSPS) is 13.7. The maximum absolute atomic E-state index is 10.7. The number of benzene rings is 1. The van der Waals surface area contributed by atoms with Crippen LogP contribution in [0.2, 0.25) is 0 Å². The SMILES string of the molecule is CCOc1cc(N(CC)CC)ccc1[N+]#N.F[P-](F)(F)(F)(F)F. The second kappa shape index (κ2) is 6.79. The topological polar surface area (TPSA) is 40.6 Å². The van der Waals surface area contributed by atoms with E-state index in [1.54, 1.807) is 6.07 Å². The third kappa shape index (κ3) is 11.5.